The molecule has 0 fully saturated rings. The van der Waals surface area contributed by atoms with E-state index >= 15 is 0 Å². The molecule has 0 radical (unpaired) electrons. The summed E-state index contributed by atoms with van der Waals surface area (Å²) in [7, 11) is 0. The average molecular weight is 298 g/mol. The second kappa shape index (κ2) is 7.23. The first-order valence-corrected chi connectivity index (χ1v) is 7.52. The maximum Gasteiger partial charge on any atom is 0.0562 e. The minimum atomic E-state index is 0.775. The molecule has 0 heterocycles. The lowest BCUT2D eigenvalue weighted by Gasteiger charge is -2.07. The van der Waals surface area contributed by atoms with Crippen molar-refractivity contribution >= 4 is 11.9 Å². The SMILES string of the molecule is C=C(NN=Cc1ccccc1)c1ccc(-c2ccccc2)cc1. The van der Waals surface area contributed by atoms with Crippen LogP contribution in [0.2, 0.25) is 0 Å². The second-order valence-electron chi connectivity index (χ2n) is 5.20. The third-order valence-corrected chi connectivity index (χ3v) is 3.55. The van der Waals surface area contributed by atoms with Crippen molar-refractivity contribution < 1.29 is 0 Å². The number of nitrogens with zero attached hydrogens (tertiary/aromatic N) is 1. The summed E-state index contributed by atoms with van der Waals surface area (Å²) in [5, 5.41) is 4.22. The molecule has 112 valence electrons. The summed E-state index contributed by atoms with van der Waals surface area (Å²) < 4.78 is 0. The number of hydrogen-bond acceptors (Lipinski definition) is 2. The van der Waals surface area contributed by atoms with E-state index in [0.29, 0.717) is 0 Å². The van der Waals surface area contributed by atoms with Crippen LogP contribution < -0.4 is 5.43 Å². The molecule has 0 amide bonds. The third kappa shape index (κ3) is 3.95. The topological polar surface area (TPSA) is 24.4 Å². The lowest BCUT2D eigenvalue weighted by molar-refractivity contribution is 1.00. The highest BCUT2D eigenvalue weighted by Crippen LogP contribution is 2.20. The van der Waals surface area contributed by atoms with Crippen molar-refractivity contribution in [3.8, 4) is 11.1 Å². The average Bonchev–Trinajstić information content (AvgIpc) is 2.63. The minimum absolute atomic E-state index is 0.775. The third-order valence-electron chi connectivity index (χ3n) is 3.55. The summed E-state index contributed by atoms with van der Waals surface area (Å²) in [6.45, 7) is 4.03. The normalized spacial score (nSPS) is 10.6. The predicted molar refractivity (Wildman–Crippen MR) is 98.1 cm³/mol. The first-order chi connectivity index (χ1) is 11.3. The molecule has 0 aliphatic heterocycles. The summed E-state index contributed by atoms with van der Waals surface area (Å²) in [5.74, 6) is 0. The molecule has 0 saturated heterocycles. The second-order valence-corrected chi connectivity index (χ2v) is 5.20. The molecular weight excluding hydrogens is 280 g/mol. The molecule has 0 atom stereocenters. The molecule has 0 spiro atoms. The van der Waals surface area contributed by atoms with E-state index in [2.05, 4.69) is 53.5 Å². The quantitative estimate of drug-likeness (QED) is 0.523. The van der Waals surface area contributed by atoms with Gasteiger partial charge < -0.3 is 0 Å². The van der Waals surface area contributed by atoms with E-state index in [1.807, 2.05) is 48.5 Å². The summed E-state index contributed by atoms with van der Waals surface area (Å²) in [5.41, 5.74) is 8.23. The Morgan fingerprint density at radius 1 is 0.739 bits per heavy atom. The number of rotatable bonds is 5. The van der Waals surface area contributed by atoms with Crippen molar-refractivity contribution in [2.45, 2.75) is 0 Å². The van der Waals surface area contributed by atoms with Gasteiger partial charge >= 0.3 is 0 Å². The molecule has 2 heteroatoms. The molecule has 0 aliphatic rings. The number of hydrogen-bond donors (Lipinski definition) is 1. The van der Waals surface area contributed by atoms with Gasteiger partial charge in [-0.15, -0.1) is 0 Å². The van der Waals surface area contributed by atoms with Gasteiger partial charge in [-0.25, -0.2) is 0 Å². The van der Waals surface area contributed by atoms with Crippen molar-refractivity contribution in [1.82, 2.24) is 5.43 Å². The van der Waals surface area contributed by atoms with Crippen LogP contribution in [0.15, 0.2) is 96.6 Å². The van der Waals surface area contributed by atoms with Crippen LogP contribution >= 0.6 is 0 Å². The van der Waals surface area contributed by atoms with Crippen LogP contribution in [0.1, 0.15) is 11.1 Å². The van der Waals surface area contributed by atoms with Gasteiger partial charge in [0.2, 0.25) is 0 Å². The van der Waals surface area contributed by atoms with E-state index in [9.17, 15) is 0 Å². The van der Waals surface area contributed by atoms with Gasteiger partial charge in [-0.3, -0.25) is 5.43 Å². The summed E-state index contributed by atoms with van der Waals surface area (Å²) >= 11 is 0. The largest absolute Gasteiger partial charge is 0.278 e. The van der Waals surface area contributed by atoms with E-state index in [0.717, 1.165) is 16.8 Å². The Hall–Kier alpha value is -3.13. The lowest BCUT2D eigenvalue weighted by atomic mass is 10.0. The molecule has 0 aliphatic carbocycles. The molecule has 0 bridgehead atoms. The van der Waals surface area contributed by atoms with Crippen molar-refractivity contribution in [3.05, 3.63) is 103 Å². The maximum absolute atomic E-state index is 4.22. The summed E-state index contributed by atoms with van der Waals surface area (Å²) in [6.07, 6.45) is 1.78. The Morgan fingerprint density at radius 2 is 1.30 bits per heavy atom. The number of nitrogens with one attached hydrogen (secondary N) is 1. The van der Waals surface area contributed by atoms with E-state index in [1.165, 1.54) is 11.1 Å². The van der Waals surface area contributed by atoms with Crippen molar-refractivity contribution in [3.63, 3.8) is 0 Å². The first-order valence-electron chi connectivity index (χ1n) is 7.52. The Kier molecular flexibility index (Phi) is 4.65. The van der Waals surface area contributed by atoms with Crippen molar-refractivity contribution in [2.75, 3.05) is 0 Å². The maximum atomic E-state index is 4.22. The fourth-order valence-electron chi connectivity index (χ4n) is 2.28. The molecule has 0 saturated carbocycles. The van der Waals surface area contributed by atoms with Gasteiger partial charge in [-0.05, 0) is 22.3 Å². The Balaban J connectivity index is 1.65. The highest BCUT2D eigenvalue weighted by atomic mass is 15.3. The number of benzene rings is 3. The van der Waals surface area contributed by atoms with Gasteiger partial charge in [0.05, 0.1) is 11.9 Å². The van der Waals surface area contributed by atoms with Gasteiger partial charge in [0, 0.05) is 0 Å². The van der Waals surface area contributed by atoms with E-state index < -0.39 is 0 Å². The summed E-state index contributed by atoms with van der Waals surface area (Å²) in [4.78, 5) is 0. The van der Waals surface area contributed by atoms with Gasteiger partial charge in [0.1, 0.15) is 0 Å². The molecule has 3 aromatic carbocycles. The predicted octanol–water partition coefficient (Wildman–Crippen LogP) is 4.95. The van der Waals surface area contributed by atoms with Crippen LogP contribution in [-0.2, 0) is 0 Å². The van der Waals surface area contributed by atoms with Gasteiger partial charge in [-0.2, -0.15) is 5.10 Å². The smallest absolute Gasteiger partial charge is 0.0562 e. The standard InChI is InChI=1S/C21H18N2/c1-17(23-22-16-18-8-4-2-5-9-18)19-12-14-21(15-13-19)20-10-6-3-7-11-20/h2-16,23H,1H2. The zero-order valence-corrected chi connectivity index (χ0v) is 12.8. The molecular formula is C21H18N2. The Bertz CT molecular complexity index is 788. The van der Waals surface area contributed by atoms with Crippen molar-refractivity contribution in [1.29, 1.82) is 0 Å². The van der Waals surface area contributed by atoms with Crippen LogP contribution in [0.3, 0.4) is 0 Å². The number of hydrazone groups is 1. The van der Waals surface area contributed by atoms with Crippen LogP contribution in [0.4, 0.5) is 0 Å². The summed E-state index contributed by atoms with van der Waals surface area (Å²) in [6, 6.07) is 28.6. The molecule has 0 aromatic heterocycles. The van der Waals surface area contributed by atoms with Crippen LogP contribution in [0, 0.1) is 0 Å². The van der Waals surface area contributed by atoms with Crippen LogP contribution in [-0.4, -0.2) is 6.21 Å². The van der Waals surface area contributed by atoms with Gasteiger partial charge in [0.15, 0.2) is 0 Å². The highest BCUT2D eigenvalue weighted by molar-refractivity contribution is 5.80. The fourth-order valence-corrected chi connectivity index (χ4v) is 2.28. The van der Waals surface area contributed by atoms with E-state index in [-0.39, 0.29) is 0 Å². The molecule has 2 nitrogen and oxygen atoms in total. The van der Waals surface area contributed by atoms with Gasteiger partial charge in [-0.1, -0.05) is 91.5 Å². The molecule has 1 N–H and O–H groups in total. The highest BCUT2D eigenvalue weighted by Gasteiger charge is 2.00. The first kappa shape index (κ1) is 14.8. The molecule has 0 unspecified atom stereocenters. The van der Waals surface area contributed by atoms with Gasteiger partial charge in [0.25, 0.3) is 0 Å². The van der Waals surface area contributed by atoms with Crippen LogP contribution in [0.25, 0.3) is 16.8 Å². The zero-order chi connectivity index (χ0) is 15.9. The Morgan fingerprint density at radius 3 is 1.96 bits per heavy atom. The molecule has 23 heavy (non-hydrogen) atoms. The lowest BCUT2D eigenvalue weighted by Crippen LogP contribution is -2.03. The molecule has 3 rings (SSSR count). The van der Waals surface area contributed by atoms with E-state index in [4.69, 9.17) is 0 Å². The minimum Gasteiger partial charge on any atom is -0.278 e. The zero-order valence-electron chi connectivity index (χ0n) is 12.8. The Labute approximate surface area is 136 Å². The monoisotopic (exact) mass is 298 g/mol. The van der Waals surface area contributed by atoms with Crippen molar-refractivity contribution in [2.24, 2.45) is 5.10 Å². The fraction of sp³-hybridized carbons (Fsp3) is 0. The van der Waals surface area contributed by atoms with Crippen LogP contribution in [0.5, 0.6) is 0 Å². The van der Waals surface area contributed by atoms with E-state index in [1.54, 1.807) is 6.21 Å². The molecule has 3 aromatic rings.